The Kier molecular flexibility index (Phi) is 3.92. The maximum Gasteiger partial charge on any atom is 0.187 e. The summed E-state index contributed by atoms with van der Waals surface area (Å²) in [7, 11) is 0. The van der Waals surface area contributed by atoms with Gasteiger partial charge in [-0.3, -0.25) is 4.79 Å². The highest BCUT2D eigenvalue weighted by Crippen LogP contribution is 2.00. The Labute approximate surface area is 84.6 Å². The zero-order chi connectivity index (χ0) is 10.4. The van der Waals surface area contributed by atoms with Gasteiger partial charge in [-0.15, -0.1) is 0 Å². The maximum atomic E-state index is 11.5. The van der Waals surface area contributed by atoms with E-state index in [2.05, 4.69) is 5.32 Å². The number of hydrogen-bond acceptors (Lipinski definition) is 2. The smallest absolute Gasteiger partial charge is 0.187 e. The van der Waals surface area contributed by atoms with Crippen LogP contribution >= 0.6 is 0 Å². The second-order valence-corrected chi connectivity index (χ2v) is 3.38. The molecule has 1 aromatic rings. The van der Waals surface area contributed by atoms with Gasteiger partial charge < -0.3 is 5.32 Å². The van der Waals surface area contributed by atoms with E-state index in [9.17, 15) is 4.79 Å². The molecule has 1 N–H and O–H groups in total. The Morgan fingerprint density at radius 1 is 1.29 bits per heavy atom. The van der Waals surface area contributed by atoms with Gasteiger partial charge in [0.2, 0.25) is 0 Å². The van der Waals surface area contributed by atoms with Crippen molar-refractivity contribution in [1.29, 1.82) is 0 Å². The zero-order valence-corrected chi connectivity index (χ0v) is 8.53. The number of carbonyl (C=O) groups excluding carboxylic acids is 1. The SMILES string of the molecule is CC(C)N/C=C\C(=O)c1ccccc1. The molecule has 14 heavy (non-hydrogen) atoms. The predicted molar refractivity (Wildman–Crippen MR) is 58.2 cm³/mol. The molecule has 0 bridgehead atoms. The van der Waals surface area contributed by atoms with Gasteiger partial charge in [-0.2, -0.15) is 0 Å². The van der Waals surface area contributed by atoms with E-state index < -0.39 is 0 Å². The van der Waals surface area contributed by atoms with Crippen LogP contribution in [0.5, 0.6) is 0 Å². The maximum absolute atomic E-state index is 11.5. The van der Waals surface area contributed by atoms with Crippen molar-refractivity contribution in [3.63, 3.8) is 0 Å². The predicted octanol–water partition coefficient (Wildman–Crippen LogP) is 2.38. The topological polar surface area (TPSA) is 29.1 Å². The molecule has 0 heterocycles. The standard InChI is InChI=1S/C12H15NO/c1-10(2)13-9-8-12(14)11-6-4-3-5-7-11/h3-10,13H,1-2H3/b9-8-. The molecule has 2 nitrogen and oxygen atoms in total. The van der Waals surface area contributed by atoms with Crippen molar-refractivity contribution in [2.24, 2.45) is 0 Å². The van der Waals surface area contributed by atoms with Crippen LogP contribution in [-0.2, 0) is 0 Å². The first-order valence-electron chi connectivity index (χ1n) is 4.72. The van der Waals surface area contributed by atoms with Crippen molar-refractivity contribution in [3.05, 3.63) is 48.2 Å². The van der Waals surface area contributed by atoms with Crippen LogP contribution in [0.25, 0.3) is 0 Å². The lowest BCUT2D eigenvalue weighted by atomic mass is 10.1. The molecule has 1 rings (SSSR count). The lowest BCUT2D eigenvalue weighted by molar-refractivity contribution is 0.104. The molecule has 0 aliphatic rings. The number of benzene rings is 1. The number of rotatable bonds is 4. The third-order valence-electron chi connectivity index (χ3n) is 1.72. The van der Waals surface area contributed by atoms with Crippen LogP contribution in [0.3, 0.4) is 0 Å². The number of ketones is 1. The Morgan fingerprint density at radius 3 is 2.50 bits per heavy atom. The van der Waals surface area contributed by atoms with E-state index in [1.54, 1.807) is 12.3 Å². The summed E-state index contributed by atoms with van der Waals surface area (Å²) in [4.78, 5) is 11.5. The summed E-state index contributed by atoms with van der Waals surface area (Å²) >= 11 is 0. The van der Waals surface area contributed by atoms with E-state index in [1.165, 1.54) is 0 Å². The van der Waals surface area contributed by atoms with E-state index in [-0.39, 0.29) is 5.78 Å². The first-order chi connectivity index (χ1) is 6.70. The zero-order valence-electron chi connectivity index (χ0n) is 8.53. The van der Waals surface area contributed by atoms with Gasteiger partial charge in [0.1, 0.15) is 0 Å². The molecule has 0 saturated carbocycles. The van der Waals surface area contributed by atoms with Gasteiger partial charge in [0.15, 0.2) is 5.78 Å². The van der Waals surface area contributed by atoms with Gasteiger partial charge in [0.25, 0.3) is 0 Å². The molecule has 0 spiro atoms. The number of carbonyl (C=O) groups is 1. The van der Waals surface area contributed by atoms with Gasteiger partial charge in [0.05, 0.1) is 0 Å². The van der Waals surface area contributed by atoms with Gasteiger partial charge in [-0.1, -0.05) is 30.3 Å². The third-order valence-corrected chi connectivity index (χ3v) is 1.72. The fourth-order valence-corrected chi connectivity index (χ4v) is 1.01. The Morgan fingerprint density at radius 2 is 1.93 bits per heavy atom. The van der Waals surface area contributed by atoms with Crippen LogP contribution in [0.1, 0.15) is 24.2 Å². The highest BCUT2D eigenvalue weighted by atomic mass is 16.1. The molecule has 0 amide bonds. The molecule has 0 atom stereocenters. The summed E-state index contributed by atoms with van der Waals surface area (Å²) < 4.78 is 0. The summed E-state index contributed by atoms with van der Waals surface area (Å²) in [6.07, 6.45) is 3.25. The quantitative estimate of drug-likeness (QED) is 0.582. The molecule has 1 aromatic carbocycles. The summed E-state index contributed by atoms with van der Waals surface area (Å²) in [6.45, 7) is 4.05. The molecular formula is C12H15NO. The first-order valence-corrected chi connectivity index (χ1v) is 4.72. The summed E-state index contributed by atoms with van der Waals surface area (Å²) in [6, 6.07) is 9.58. The second kappa shape index (κ2) is 5.22. The number of allylic oxidation sites excluding steroid dienone is 1. The molecule has 0 aliphatic carbocycles. The Hall–Kier alpha value is -1.57. The molecule has 2 heteroatoms. The van der Waals surface area contributed by atoms with E-state index in [4.69, 9.17) is 0 Å². The summed E-state index contributed by atoms with van der Waals surface area (Å²) in [5.41, 5.74) is 0.717. The molecule has 0 radical (unpaired) electrons. The van der Waals surface area contributed by atoms with Crippen LogP contribution in [0, 0.1) is 0 Å². The van der Waals surface area contributed by atoms with Crippen molar-refractivity contribution in [2.75, 3.05) is 0 Å². The highest BCUT2D eigenvalue weighted by molar-refractivity contribution is 6.04. The van der Waals surface area contributed by atoms with E-state index in [0.29, 0.717) is 11.6 Å². The van der Waals surface area contributed by atoms with Crippen molar-refractivity contribution in [2.45, 2.75) is 19.9 Å². The summed E-state index contributed by atoms with van der Waals surface area (Å²) in [5.74, 6) is 0.0266. The van der Waals surface area contributed by atoms with Gasteiger partial charge >= 0.3 is 0 Å². The molecule has 0 saturated heterocycles. The van der Waals surface area contributed by atoms with Gasteiger partial charge in [0, 0.05) is 23.9 Å². The fraction of sp³-hybridized carbons (Fsp3) is 0.250. The third kappa shape index (κ3) is 3.44. The van der Waals surface area contributed by atoms with Crippen LogP contribution in [-0.4, -0.2) is 11.8 Å². The van der Waals surface area contributed by atoms with Crippen molar-refractivity contribution < 1.29 is 4.79 Å². The van der Waals surface area contributed by atoms with Crippen molar-refractivity contribution >= 4 is 5.78 Å². The number of nitrogens with one attached hydrogen (secondary N) is 1. The minimum Gasteiger partial charge on any atom is -0.389 e. The Balaban J connectivity index is 2.55. The summed E-state index contributed by atoms with van der Waals surface area (Å²) in [5, 5.41) is 3.04. The van der Waals surface area contributed by atoms with Crippen molar-refractivity contribution in [3.8, 4) is 0 Å². The number of hydrogen-bond donors (Lipinski definition) is 1. The fourth-order valence-electron chi connectivity index (χ4n) is 1.01. The van der Waals surface area contributed by atoms with E-state index >= 15 is 0 Å². The molecule has 0 aliphatic heterocycles. The molecular weight excluding hydrogens is 174 g/mol. The van der Waals surface area contributed by atoms with Crippen LogP contribution < -0.4 is 5.32 Å². The average Bonchev–Trinajstić information content (AvgIpc) is 2.18. The minimum absolute atomic E-state index is 0.0266. The lowest BCUT2D eigenvalue weighted by Crippen LogP contribution is -2.15. The molecule has 74 valence electrons. The molecule has 0 unspecified atom stereocenters. The van der Waals surface area contributed by atoms with Crippen LogP contribution in [0.4, 0.5) is 0 Å². The van der Waals surface area contributed by atoms with Crippen LogP contribution in [0.2, 0.25) is 0 Å². The average molecular weight is 189 g/mol. The Bertz CT molecular complexity index is 314. The van der Waals surface area contributed by atoms with Crippen LogP contribution in [0.15, 0.2) is 42.6 Å². The highest BCUT2D eigenvalue weighted by Gasteiger charge is 1.98. The monoisotopic (exact) mass is 189 g/mol. The normalized spacial score (nSPS) is 10.8. The largest absolute Gasteiger partial charge is 0.389 e. The minimum atomic E-state index is 0.0266. The first kappa shape index (κ1) is 10.5. The van der Waals surface area contributed by atoms with Gasteiger partial charge in [-0.05, 0) is 13.8 Å². The lowest BCUT2D eigenvalue weighted by Gasteiger charge is -2.02. The molecule has 0 aromatic heterocycles. The van der Waals surface area contributed by atoms with E-state index in [0.717, 1.165) is 0 Å². The van der Waals surface area contributed by atoms with Crippen molar-refractivity contribution in [1.82, 2.24) is 5.32 Å². The van der Waals surface area contributed by atoms with Gasteiger partial charge in [-0.25, -0.2) is 0 Å². The molecule has 0 fully saturated rings. The second-order valence-electron chi connectivity index (χ2n) is 3.38. The van der Waals surface area contributed by atoms with E-state index in [1.807, 2.05) is 44.2 Å².